The quantitative estimate of drug-likeness (QED) is 0.0676. The van der Waals surface area contributed by atoms with Crippen LogP contribution in [0.4, 0.5) is 57.7 Å². The summed E-state index contributed by atoms with van der Waals surface area (Å²) in [7, 11) is 6.85. The molecule has 15 aromatic rings. The van der Waals surface area contributed by atoms with Crippen LogP contribution in [0.15, 0.2) is 179 Å². The van der Waals surface area contributed by atoms with Gasteiger partial charge in [-0.15, -0.1) is 0 Å². The van der Waals surface area contributed by atoms with E-state index in [1.807, 2.05) is 148 Å². The summed E-state index contributed by atoms with van der Waals surface area (Å²) in [6, 6.07) is 47.9. The maximum absolute atomic E-state index is 13.1. The fourth-order valence-electron chi connectivity index (χ4n) is 15.7. The number of anilines is 10. The van der Waals surface area contributed by atoms with Crippen LogP contribution in [0.25, 0.3) is 82.8 Å². The van der Waals surface area contributed by atoms with Gasteiger partial charge >= 0.3 is 0 Å². The van der Waals surface area contributed by atoms with Gasteiger partial charge in [-0.1, -0.05) is 54.6 Å². The predicted octanol–water partition coefficient (Wildman–Crippen LogP) is 10.6. The number of piperidine rings is 2. The molecule has 4 saturated heterocycles. The number of ether oxygens (including phenoxy) is 4. The van der Waals surface area contributed by atoms with Crippen molar-refractivity contribution in [3.05, 3.63) is 195 Å². The standard InChI is InChI=1S/C28H29N7O3.C28H30N6O3.C27H27N7O3/c1-32-25-18-29-28(31-26(25)35-23-5-3-2-4-19(23)14-24(35)27(32)36)30-20-15-21(33-6-10-37-11-7-33)17-22(16-20)34-8-12-38-13-9-34;1-17(2)37-25-15-19(33-12-10-20(35)11-13-33)8-9-21(25)30-28-29-16-24-26(31-28)34-22-7-5-4-6-18(22)14-23(34)27(36)32(24)3;1-32-22-15-29-27(31-25(22)34-20-6-4-3-5-17(20)13-21(34)26(32)36)30-19-8-7-18(14-23(19)37-2)33-11-9-16(10-12-33)24(28)35/h2-5,14-18H,6-13H2,1H3,(H,29,30,31);4-9,14-17,20,35H,10-13H2,1-3H3,(H,29,30,31);3-8,13-16H,9-12H2,1-2H3,(H2,28,35)(H,29,30,31). The number of primary amides is 1. The number of nitrogens with two attached hydrogens (primary N) is 1. The molecule has 4 aliphatic rings. The molecule has 0 aliphatic carbocycles. The molecule has 0 spiro atoms. The number of carbonyl (C=O) groups is 1. The molecule has 9 aromatic heterocycles. The van der Waals surface area contributed by atoms with E-state index in [1.165, 1.54) is 0 Å². The molecule has 0 saturated carbocycles. The minimum Gasteiger partial charge on any atom is -0.494 e. The van der Waals surface area contributed by atoms with E-state index in [2.05, 4.69) is 74.8 Å². The number of nitrogens with one attached hydrogen (secondary N) is 3. The van der Waals surface area contributed by atoms with Gasteiger partial charge in [-0.3, -0.25) is 32.4 Å². The van der Waals surface area contributed by atoms with Gasteiger partial charge in [0.05, 0.1) is 92.3 Å². The molecule has 29 heteroatoms. The second-order valence-corrected chi connectivity index (χ2v) is 29.0. The number of methoxy groups -OCH3 is 1. The Bertz CT molecular complexity index is 6300. The smallest absolute Gasteiger partial charge is 0.275 e. The van der Waals surface area contributed by atoms with Crippen molar-refractivity contribution < 1.29 is 28.8 Å². The summed E-state index contributed by atoms with van der Waals surface area (Å²) in [6.45, 7) is 13.4. The monoisotopic (exact) mass is 1510 g/mol. The van der Waals surface area contributed by atoms with Crippen LogP contribution in [0.3, 0.4) is 0 Å². The molecule has 1 amide bonds. The van der Waals surface area contributed by atoms with E-state index in [-0.39, 0.29) is 40.7 Å². The number of aromatic nitrogens is 12. The number of benzene rings is 6. The molecule has 4 fully saturated rings. The zero-order chi connectivity index (χ0) is 77.0. The Hall–Kier alpha value is -12.9. The maximum atomic E-state index is 13.1. The minimum atomic E-state index is -0.225. The van der Waals surface area contributed by atoms with Crippen molar-refractivity contribution in [2.75, 3.05) is 121 Å². The van der Waals surface area contributed by atoms with Crippen molar-refractivity contribution >= 4 is 146 Å². The summed E-state index contributed by atoms with van der Waals surface area (Å²) in [5.74, 6) is 2.34. The number of aliphatic hydroxyl groups is 1. The number of carbonyl (C=O) groups excluding carboxylic acids is 1. The SMILES string of the molecule is CC(C)Oc1cc(N2CCC(O)CC2)ccc1Nc1ncc2c(n1)n1c(cc3ccccc31)c(=O)n2C.COc1cc(N2CCC(C(N)=O)CC2)ccc1Nc1ncc2c(n1)n1c(cc3ccccc31)c(=O)n2C.Cn1c(=O)c2cc3ccccc3n2c2nc(Nc3cc(N4CCOCC4)cc(N4CCOCC4)c3)ncc21. The minimum absolute atomic E-state index is 0.0168. The fraction of sp³-hybridized carbons (Fsp3) is 0.301. The lowest BCUT2D eigenvalue weighted by Crippen LogP contribution is -2.38. The summed E-state index contributed by atoms with van der Waals surface area (Å²) in [6.07, 6.45) is 7.82. The van der Waals surface area contributed by atoms with E-state index in [0.29, 0.717) is 79.4 Å². The van der Waals surface area contributed by atoms with Crippen molar-refractivity contribution in [3.8, 4) is 11.5 Å². The molecule has 6 aromatic carbocycles. The third-order valence-electron chi connectivity index (χ3n) is 21.7. The molecule has 0 bridgehead atoms. The van der Waals surface area contributed by atoms with Gasteiger partial charge in [0.15, 0.2) is 16.9 Å². The average molecular weight is 1510 g/mol. The molecule has 112 heavy (non-hydrogen) atoms. The number of aliphatic hydroxyl groups excluding tert-OH is 1. The first-order chi connectivity index (χ1) is 54.5. The molecule has 0 unspecified atom stereocenters. The first kappa shape index (κ1) is 72.0. The van der Waals surface area contributed by atoms with Gasteiger partial charge in [-0.05, 0) is 118 Å². The van der Waals surface area contributed by atoms with Crippen molar-refractivity contribution in [3.63, 3.8) is 0 Å². The predicted molar refractivity (Wildman–Crippen MR) is 439 cm³/mol. The first-order valence-corrected chi connectivity index (χ1v) is 37.8. The lowest BCUT2D eigenvalue weighted by molar-refractivity contribution is -0.122. The zero-order valence-corrected chi connectivity index (χ0v) is 63.1. The number of aryl methyl sites for hydroxylation is 3. The Balaban J connectivity index is 0.000000122. The Kier molecular flexibility index (Phi) is 19.4. The van der Waals surface area contributed by atoms with Crippen LogP contribution in [-0.4, -0.2) is 166 Å². The van der Waals surface area contributed by atoms with E-state index in [0.717, 1.165) is 177 Å². The van der Waals surface area contributed by atoms with Crippen molar-refractivity contribution in [1.82, 2.24) is 56.8 Å². The summed E-state index contributed by atoms with van der Waals surface area (Å²) in [5, 5.41) is 22.9. The number of morpholine rings is 2. The second-order valence-electron chi connectivity index (χ2n) is 29.0. The summed E-state index contributed by atoms with van der Waals surface area (Å²) in [5.41, 5.74) is 20.3. The summed E-state index contributed by atoms with van der Waals surface area (Å²) < 4.78 is 33.5. The van der Waals surface area contributed by atoms with Gasteiger partial charge in [-0.2, -0.15) is 15.0 Å². The molecule has 4 aliphatic heterocycles. The molecule has 572 valence electrons. The summed E-state index contributed by atoms with van der Waals surface area (Å²) in [4.78, 5) is 88.1. The topological polar surface area (TPSA) is 306 Å². The molecular formula is C83H86N20O9. The highest BCUT2D eigenvalue weighted by molar-refractivity contribution is 5.95. The lowest BCUT2D eigenvalue weighted by atomic mass is 9.96. The molecule has 0 radical (unpaired) electrons. The maximum Gasteiger partial charge on any atom is 0.275 e. The highest BCUT2D eigenvalue weighted by Gasteiger charge is 2.27. The van der Waals surface area contributed by atoms with Crippen molar-refractivity contribution in [1.29, 1.82) is 0 Å². The summed E-state index contributed by atoms with van der Waals surface area (Å²) >= 11 is 0. The van der Waals surface area contributed by atoms with E-state index < -0.39 is 0 Å². The third kappa shape index (κ3) is 13.8. The van der Waals surface area contributed by atoms with Crippen LogP contribution < -0.4 is 67.4 Å². The Morgan fingerprint density at radius 3 is 1.23 bits per heavy atom. The molecule has 13 heterocycles. The largest absolute Gasteiger partial charge is 0.494 e. The molecule has 6 N–H and O–H groups in total. The van der Waals surface area contributed by atoms with Gasteiger partial charge in [0.1, 0.15) is 44.6 Å². The molecular weight excluding hydrogens is 1420 g/mol. The number of nitrogens with zero attached hydrogens (tertiary/aromatic N) is 16. The van der Waals surface area contributed by atoms with E-state index in [9.17, 15) is 24.3 Å². The number of fused-ring (bicyclic) bond motifs is 15. The fourth-order valence-corrected chi connectivity index (χ4v) is 15.7. The number of rotatable bonds is 14. The van der Waals surface area contributed by atoms with Gasteiger partial charge in [0, 0.05) is 136 Å². The Morgan fingerprint density at radius 1 is 0.455 bits per heavy atom. The van der Waals surface area contributed by atoms with Crippen molar-refractivity contribution in [2.24, 2.45) is 32.8 Å². The van der Waals surface area contributed by atoms with E-state index in [4.69, 9.17) is 39.6 Å². The highest BCUT2D eigenvalue weighted by atomic mass is 16.5. The van der Waals surface area contributed by atoms with Crippen LogP contribution in [-0.2, 0) is 35.4 Å². The normalized spacial score (nSPS) is 15.3. The number of para-hydroxylation sites is 3. The van der Waals surface area contributed by atoms with Crippen LogP contribution in [0, 0.1) is 5.92 Å². The third-order valence-corrected chi connectivity index (χ3v) is 21.7. The van der Waals surface area contributed by atoms with Gasteiger partial charge in [-0.25, -0.2) is 15.0 Å². The Morgan fingerprint density at radius 2 is 0.830 bits per heavy atom. The van der Waals surface area contributed by atoms with Gasteiger partial charge in [0.2, 0.25) is 23.8 Å². The van der Waals surface area contributed by atoms with Crippen LogP contribution in [0.1, 0.15) is 39.5 Å². The van der Waals surface area contributed by atoms with Crippen LogP contribution >= 0.6 is 0 Å². The number of hydrogen-bond donors (Lipinski definition) is 5. The van der Waals surface area contributed by atoms with E-state index >= 15 is 0 Å². The van der Waals surface area contributed by atoms with Gasteiger partial charge < -0.3 is 79.0 Å². The van der Waals surface area contributed by atoms with Gasteiger partial charge in [0.25, 0.3) is 16.7 Å². The van der Waals surface area contributed by atoms with E-state index in [1.54, 1.807) is 60.5 Å². The van der Waals surface area contributed by atoms with Crippen molar-refractivity contribution in [2.45, 2.75) is 51.7 Å². The number of amides is 1. The zero-order valence-electron chi connectivity index (χ0n) is 63.1. The first-order valence-electron chi connectivity index (χ1n) is 37.8. The lowest BCUT2D eigenvalue weighted by Gasteiger charge is -2.33. The van der Waals surface area contributed by atoms with Crippen LogP contribution in [0.5, 0.6) is 11.5 Å². The molecule has 0 atom stereocenters. The second kappa shape index (κ2) is 30.2. The molecule has 19 rings (SSSR count). The highest BCUT2D eigenvalue weighted by Crippen LogP contribution is 2.38. The average Bonchev–Trinajstić information content (AvgIpc) is 1.57. The number of hydrogen-bond acceptors (Lipinski definition) is 22. The molecule has 29 nitrogen and oxygen atoms in total. The van der Waals surface area contributed by atoms with Crippen LogP contribution in [0.2, 0.25) is 0 Å². The Labute approximate surface area is 641 Å².